The summed E-state index contributed by atoms with van der Waals surface area (Å²) in [7, 11) is 0. The van der Waals surface area contributed by atoms with Gasteiger partial charge in [-0.2, -0.15) is 0 Å². The van der Waals surface area contributed by atoms with Crippen LogP contribution in [0.3, 0.4) is 0 Å². The molecule has 0 fully saturated rings. The third kappa shape index (κ3) is 3.60. The van der Waals surface area contributed by atoms with E-state index in [4.69, 9.17) is 0 Å². The molecule has 5 heteroatoms. The number of halogens is 2. The predicted molar refractivity (Wildman–Crippen MR) is 93.8 cm³/mol. The summed E-state index contributed by atoms with van der Waals surface area (Å²) in [6.45, 7) is 3.94. The lowest BCUT2D eigenvalue weighted by atomic mass is 10.2. The lowest BCUT2D eigenvalue weighted by Crippen LogP contribution is -2.19. The summed E-state index contributed by atoms with van der Waals surface area (Å²) in [6.07, 6.45) is 0. The number of carbonyl (C=O) groups excluding carboxylic acids is 1. The van der Waals surface area contributed by atoms with Crippen LogP contribution in [0.5, 0.6) is 0 Å². The molecule has 3 nitrogen and oxygen atoms in total. The van der Waals surface area contributed by atoms with Crippen molar-refractivity contribution in [3.63, 3.8) is 0 Å². The van der Waals surface area contributed by atoms with E-state index in [2.05, 4.69) is 5.32 Å². The van der Waals surface area contributed by atoms with Crippen LogP contribution in [-0.4, -0.2) is 10.5 Å². The zero-order valence-corrected chi connectivity index (χ0v) is 14.0. The molecule has 0 unspecified atom stereocenters. The molecule has 0 aliphatic rings. The molecule has 3 aromatic rings. The Morgan fingerprint density at radius 3 is 2.52 bits per heavy atom. The average Bonchev–Trinajstić information content (AvgIpc) is 2.83. The van der Waals surface area contributed by atoms with Crippen molar-refractivity contribution >= 4 is 11.6 Å². The summed E-state index contributed by atoms with van der Waals surface area (Å²) in [5.74, 6) is -1.09. The largest absolute Gasteiger partial charge is 0.336 e. The van der Waals surface area contributed by atoms with Crippen molar-refractivity contribution in [2.45, 2.75) is 20.4 Å². The van der Waals surface area contributed by atoms with Crippen LogP contribution in [0, 0.1) is 25.5 Å². The molecule has 128 valence electrons. The Kier molecular flexibility index (Phi) is 4.65. The molecular weight excluding hydrogens is 322 g/mol. The Hall–Kier alpha value is -2.95. The van der Waals surface area contributed by atoms with Gasteiger partial charge in [0, 0.05) is 16.9 Å². The number of aromatic nitrogens is 1. The molecule has 2 aromatic carbocycles. The van der Waals surface area contributed by atoms with E-state index in [0.717, 1.165) is 11.3 Å². The van der Waals surface area contributed by atoms with Gasteiger partial charge in [-0.3, -0.25) is 4.79 Å². The zero-order valence-electron chi connectivity index (χ0n) is 14.0. The van der Waals surface area contributed by atoms with Gasteiger partial charge in [-0.15, -0.1) is 0 Å². The van der Waals surface area contributed by atoms with Gasteiger partial charge >= 0.3 is 0 Å². The summed E-state index contributed by atoms with van der Waals surface area (Å²) < 4.78 is 29.1. The van der Waals surface area contributed by atoms with E-state index < -0.39 is 5.82 Å². The van der Waals surface area contributed by atoms with E-state index in [0.29, 0.717) is 16.9 Å². The second-order valence-corrected chi connectivity index (χ2v) is 5.96. The first-order chi connectivity index (χ1) is 12.0. The van der Waals surface area contributed by atoms with Gasteiger partial charge in [0.2, 0.25) is 0 Å². The van der Waals surface area contributed by atoms with Crippen LogP contribution in [0.2, 0.25) is 0 Å². The minimum absolute atomic E-state index is 0.248. The van der Waals surface area contributed by atoms with Crippen molar-refractivity contribution in [1.82, 2.24) is 4.57 Å². The fourth-order valence-electron chi connectivity index (χ4n) is 2.91. The molecule has 0 radical (unpaired) electrons. The number of hydrogen-bond acceptors (Lipinski definition) is 1. The number of amides is 1. The minimum Gasteiger partial charge on any atom is -0.336 e. The van der Waals surface area contributed by atoms with Crippen molar-refractivity contribution < 1.29 is 13.6 Å². The number of nitrogens with zero attached hydrogens (tertiary/aromatic N) is 1. The Labute approximate surface area is 144 Å². The molecule has 0 saturated heterocycles. The molecule has 1 aromatic heterocycles. The number of nitrogens with one attached hydrogen (secondary N) is 1. The predicted octanol–water partition coefficient (Wildman–Crippen LogP) is 4.68. The van der Waals surface area contributed by atoms with E-state index in [1.165, 1.54) is 24.3 Å². The second kappa shape index (κ2) is 6.89. The summed E-state index contributed by atoms with van der Waals surface area (Å²) in [5, 5.41) is 2.70. The summed E-state index contributed by atoms with van der Waals surface area (Å²) >= 11 is 0. The van der Waals surface area contributed by atoms with Crippen molar-refractivity contribution in [1.29, 1.82) is 0 Å². The number of carbonyl (C=O) groups is 1. The van der Waals surface area contributed by atoms with Gasteiger partial charge in [-0.25, -0.2) is 8.78 Å². The average molecular weight is 340 g/mol. The fourth-order valence-corrected chi connectivity index (χ4v) is 2.91. The molecule has 0 bridgehead atoms. The van der Waals surface area contributed by atoms with Gasteiger partial charge in [-0.1, -0.05) is 24.3 Å². The van der Waals surface area contributed by atoms with Gasteiger partial charge in [0.25, 0.3) is 5.91 Å². The third-order valence-corrected chi connectivity index (χ3v) is 4.08. The highest BCUT2D eigenvalue weighted by Gasteiger charge is 2.18. The number of rotatable bonds is 4. The highest BCUT2D eigenvalue weighted by molar-refractivity contribution is 6.04. The van der Waals surface area contributed by atoms with Gasteiger partial charge in [-0.05, 0) is 49.7 Å². The van der Waals surface area contributed by atoms with Crippen molar-refractivity contribution in [3.8, 4) is 0 Å². The molecule has 0 aliphatic heterocycles. The summed E-state index contributed by atoms with van der Waals surface area (Å²) in [5.41, 5.74) is 2.94. The third-order valence-electron chi connectivity index (χ3n) is 4.08. The van der Waals surface area contributed by atoms with Crippen LogP contribution in [0.15, 0.2) is 54.6 Å². The Morgan fingerprint density at radius 2 is 1.80 bits per heavy atom. The van der Waals surface area contributed by atoms with E-state index in [1.54, 1.807) is 28.8 Å². The van der Waals surface area contributed by atoms with Crippen molar-refractivity contribution in [2.24, 2.45) is 0 Å². The van der Waals surface area contributed by atoms with Gasteiger partial charge in [0.05, 0.1) is 6.54 Å². The van der Waals surface area contributed by atoms with Crippen LogP contribution in [0.1, 0.15) is 27.3 Å². The molecule has 1 amide bonds. The quantitative estimate of drug-likeness (QED) is 0.735. The van der Waals surface area contributed by atoms with E-state index >= 15 is 0 Å². The Morgan fingerprint density at radius 1 is 1.04 bits per heavy atom. The van der Waals surface area contributed by atoms with Crippen LogP contribution in [0.25, 0.3) is 0 Å². The first kappa shape index (κ1) is 16.9. The highest BCUT2D eigenvalue weighted by atomic mass is 19.1. The first-order valence-corrected chi connectivity index (χ1v) is 7.93. The lowest BCUT2D eigenvalue weighted by molar-refractivity contribution is 0.101. The Bertz CT molecular complexity index is 931. The Balaban J connectivity index is 1.93. The van der Waals surface area contributed by atoms with Gasteiger partial charge in [0.15, 0.2) is 0 Å². The van der Waals surface area contributed by atoms with Crippen molar-refractivity contribution in [2.75, 3.05) is 5.32 Å². The van der Waals surface area contributed by atoms with Gasteiger partial charge in [0.1, 0.15) is 17.3 Å². The maximum absolute atomic E-state index is 14.0. The van der Waals surface area contributed by atoms with Crippen LogP contribution in [0.4, 0.5) is 14.5 Å². The normalized spacial score (nSPS) is 10.7. The van der Waals surface area contributed by atoms with Crippen molar-refractivity contribution in [3.05, 3.63) is 88.7 Å². The molecule has 0 atom stereocenters. The zero-order chi connectivity index (χ0) is 18.0. The minimum atomic E-state index is -0.424. The molecule has 0 saturated carbocycles. The molecule has 0 aliphatic carbocycles. The van der Waals surface area contributed by atoms with Gasteiger partial charge < -0.3 is 9.88 Å². The molecular formula is C20H18F2N2O. The fraction of sp³-hybridized carbons (Fsp3) is 0.150. The van der Waals surface area contributed by atoms with Crippen LogP contribution >= 0.6 is 0 Å². The van der Waals surface area contributed by atoms with E-state index in [-0.39, 0.29) is 18.3 Å². The number of anilines is 1. The highest BCUT2D eigenvalue weighted by Crippen LogP contribution is 2.20. The lowest BCUT2D eigenvalue weighted by Gasteiger charge is -2.13. The molecule has 1 heterocycles. The van der Waals surface area contributed by atoms with E-state index in [9.17, 15) is 13.6 Å². The topological polar surface area (TPSA) is 34.0 Å². The second-order valence-electron chi connectivity index (χ2n) is 5.96. The van der Waals surface area contributed by atoms with Crippen LogP contribution in [-0.2, 0) is 6.54 Å². The summed E-state index contributed by atoms with van der Waals surface area (Å²) in [6, 6.07) is 14.1. The maximum atomic E-state index is 14.0. The number of benzene rings is 2. The SMILES string of the molecule is Cc1cc(C)n(Cc2ccccc2F)c1C(=O)Nc1cccc(F)c1. The molecule has 0 spiro atoms. The number of aryl methyl sites for hydroxylation is 2. The summed E-state index contributed by atoms with van der Waals surface area (Å²) in [4.78, 5) is 12.7. The van der Waals surface area contributed by atoms with E-state index in [1.807, 2.05) is 19.9 Å². The molecule has 25 heavy (non-hydrogen) atoms. The smallest absolute Gasteiger partial charge is 0.272 e. The van der Waals surface area contributed by atoms with Crippen LogP contribution < -0.4 is 5.32 Å². The maximum Gasteiger partial charge on any atom is 0.272 e. The monoisotopic (exact) mass is 340 g/mol. The number of hydrogen-bond donors (Lipinski definition) is 1. The molecule has 3 rings (SSSR count). The first-order valence-electron chi connectivity index (χ1n) is 7.93. The molecule has 1 N–H and O–H groups in total. The standard InChI is InChI=1S/C20H18F2N2O/c1-13-10-14(2)24(12-15-6-3-4-9-18(15)22)19(13)20(25)23-17-8-5-7-16(21)11-17/h3-11H,12H2,1-2H3,(H,23,25).